The molecular weight excluding hydrogens is 268 g/mol. The van der Waals surface area contributed by atoms with Crippen LogP contribution in [0.25, 0.3) is 22.5 Å². The van der Waals surface area contributed by atoms with Crippen molar-refractivity contribution in [2.24, 2.45) is 0 Å². The summed E-state index contributed by atoms with van der Waals surface area (Å²) in [6.45, 7) is 0. The van der Waals surface area contributed by atoms with E-state index in [-0.39, 0.29) is 0 Å². The van der Waals surface area contributed by atoms with Crippen molar-refractivity contribution in [3.8, 4) is 11.6 Å². The molecule has 0 radical (unpaired) electrons. The van der Waals surface area contributed by atoms with Crippen molar-refractivity contribution in [2.75, 3.05) is 7.11 Å². The van der Waals surface area contributed by atoms with Crippen LogP contribution in [-0.4, -0.2) is 27.2 Å². The van der Waals surface area contributed by atoms with Crippen molar-refractivity contribution >= 4 is 10.9 Å². The normalized spacial score (nSPS) is 17.6. The summed E-state index contributed by atoms with van der Waals surface area (Å²) >= 11 is 0. The zero-order valence-electron chi connectivity index (χ0n) is 11.8. The maximum Gasteiger partial charge on any atom is 0.277 e. The number of hydrogen-bond donors (Lipinski definition) is 1. The molecule has 3 aromatic heterocycles. The third-order valence-electron chi connectivity index (χ3n) is 4.32. The van der Waals surface area contributed by atoms with Crippen LogP contribution in [0.2, 0.25) is 0 Å². The molecule has 21 heavy (non-hydrogen) atoms. The fourth-order valence-corrected chi connectivity index (χ4v) is 3.12. The predicted octanol–water partition coefficient (Wildman–Crippen LogP) is 3.03. The maximum absolute atomic E-state index is 5.69. The van der Waals surface area contributed by atoms with Crippen LogP contribution in [0.5, 0.6) is 0 Å². The van der Waals surface area contributed by atoms with Gasteiger partial charge in [0.1, 0.15) is 11.3 Å². The van der Waals surface area contributed by atoms with Crippen LogP contribution in [0.15, 0.2) is 29.0 Å². The Morgan fingerprint density at radius 1 is 1.29 bits per heavy atom. The lowest BCUT2D eigenvalue weighted by Crippen LogP contribution is -2.25. The third kappa shape index (κ3) is 1.86. The first-order valence-corrected chi connectivity index (χ1v) is 7.14. The quantitative estimate of drug-likeness (QED) is 0.800. The largest absolute Gasteiger partial charge is 0.370 e. The van der Waals surface area contributed by atoms with Crippen molar-refractivity contribution < 1.29 is 9.26 Å². The molecule has 0 saturated heterocycles. The lowest BCUT2D eigenvalue weighted by molar-refractivity contribution is -0.0178. The van der Waals surface area contributed by atoms with Crippen molar-refractivity contribution in [3.63, 3.8) is 0 Å². The van der Waals surface area contributed by atoms with Gasteiger partial charge >= 0.3 is 0 Å². The summed E-state index contributed by atoms with van der Waals surface area (Å²) in [5.41, 5.74) is 1.31. The summed E-state index contributed by atoms with van der Waals surface area (Å²) in [5.74, 6) is 1.07. The van der Waals surface area contributed by atoms with Gasteiger partial charge in [-0.2, -0.15) is 4.98 Å². The Hall–Kier alpha value is -2.21. The molecule has 108 valence electrons. The molecule has 0 spiro atoms. The summed E-state index contributed by atoms with van der Waals surface area (Å²) in [4.78, 5) is 12.1. The highest BCUT2D eigenvalue weighted by atomic mass is 16.5. The molecular formula is C15H16N4O2. The van der Waals surface area contributed by atoms with E-state index < -0.39 is 5.60 Å². The van der Waals surface area contributed by atoms with Gasteiger partial charge in [-0.25, -0.2) is 0 Å². The van der Waals surface area contributed by atoms with E-state index in [4.69, 9.17) is 9.26 Å². The number of hydrogen-bond acceptors (Lipinski definition) is 5. The monoisotopic (exact) mass is 284 g/mol. The molecule has 0 aliphatic heterocycles. The Morgan fingerprint density at radius 3 is 2.95 bits per heavy atom. The fourth-order valence-electron chi connectivity index (χ4n) is 3.12. The summed E-state index contributed by atoms with van der Waals surface area (Å²) in [7, 11) is 1.71. The molecule has 1 aliphatic carbocycles. The predicted molar refractivity (Wildman–Crippen MR) is 76.5 cm³/mol. The zero-order valence-corrected chi connectivity index (χ0v) is 11.8. The first kappa shape index (κ1) is 12.5. The standard InChI is InChI=1S/C15H16N4O2/c1-20-15(6-2-3-7-15)14-18-13(21-19-14)12-10-4-8-16-11(10)5-9-17-12/h4-5,8-9,16H,2-3,6-7H2,1H3. The van der Waals surface area contributed by atoms with E-state index in [9.17, 15) is 0 Å². The van der Waals surface area contributed by atoms with Gasteiger partial charge in [0.2, 0.25) is 5.82 Å². The Kier molecular flexibility index (Phi) is 2.78. The lowest BCUT2D eigenvalue weighted by Gasteiger charge is -2.22. The number of fused-ring (bicyclic) bond motifs is 1. The van der Waals surface area contributed by atoms with Gasteiger partial charge in [0, 0.05) is 30.4 Å². The highest BCUT2D eigenvalue weighted by molar-refractivity contribution is 5.90. The van der Waals surface area contributed by atoms with Gasteiger partial charge < -0.3 is 14.2 Å². The topological polar surface area (TPSA) is 76.8 Å². The highest BCUT2D eigenvalue weighted by Gasteiger charge is 2.40. The molecule has 0 amide bonds. The summed E-state index contributed by atoms with van der Waals surface area (Å²) in [6.07, 6.45) is 7.74. The number of nitrogens with one attached hydrogen (secondary N) is 1. The average Bonchev–Trinajstić information content (AvgIpc) is 3.25. The first-order valence-electron chi connectivity index (χ1n) is 7.14. The van der Waals surface area contributed by atoms with E-state index in [0.29, 0.717) is 17.4 Å². The van der Waals surface area contributed by atoms with E-state index in [1.165, 1.54) is 0 Å². The van der Waals surface area contributed by atoms with Crippen LogP contribution in [0.1, 0.15) is 31.5 Å². The van der Waals surface area contributed by atoms with Crippen LogP contribution in [0, 0.1) is 0 Å². The average molecular weight is 284 g/mol. The molecule has 0 atom stereocenters. The van der Waals surface area contributed by atoms with Crippen LogP contribution < -0.4 is 0 Å². The van der Waals surface area contributed by atoms with Crippen LogP contribution in [0.4, 0.5) is 0 Å². The van der Waals surface area contributed by atoms with Gasteiger partial charge in [-0.1, -0.05) is 5.16 Å². The zero-order chi connectivity index (χ0) is 14.3. The van der Waals surface area contributed by atoms with Crippen molar-refractivity contribution in [3.05, 3.63) is 30.4 Å². The Bertz CT molecular complexity index is 771. The van der Waals surface area contributed by atoms with Gasteiger partial charge in [0.05, 0.1) is 0 Å². The molecule has 6 nitrogen and oxygen atoms in total. The first-order chi connectivity index (χ1) is 10.3. The van der Waals surface area contributed by atoms with E-state index >= 15 is 0 Å². The van der Waals surface area contributed by atoms with Gasteiger partial charge in [-0.05, 0) is 37.8 Å². The molecule has 6 heteroatoms. The van der Waals surface area contributed by atoms with E-state index in [1.807, 2.05) is 18.3 Å². The second kappa shape index (κ2) is 4.66. The molecule has 1 fully saturated rings. The van der Waals surface area contributed by atoms with Gasteiger partial charge in [-0.15, -0.1) is 0 Å². The van der Waals surface area contributed by atoms with Gasteiger partial charge in [0.15, 0.2) is 0 Å². The van der Waals surface area contributed by atoms with E-state index in [1.54, 1.807) is 13.3 Å². The molecule has 4 rings (SSSR count). The summed E-state index contributed by atoms with van der Waals surface area (Å²) in [5, 5.41) is 5.12. The minimum absolute atomic E-state index is 0.395. The van der Waals surface area contributed by atoms with Gasteiger partial charge in [0.25, 0.3) is 5.89 Å². The molecule has 3 heterocycles. The number of pyridine rings is 1. The summed E-state index contributed by atoms with van der Waals surface area (Å²) in [6, 6.07) is 3.88. The van der Waals surface area contributed by atoms with Crippen LogP contribution in [0.3, 0.4) is 0 Å². The molecule has 1 aliphatic rings. The second-order valence-corrected chi connectivity index (χ2v) is 5.43. The van der Waals surface area contributed by atoms with Crippen LogP contribution >= 0.6 is 0 Å². The summed E-state index contributed by atoms with van der Waals surface area (Å²) < 4.78 is 11.1. The number of H-pyrrole nitrogens is 1. The van der Waals surface area contributed by atoms with Gasteiger partial charge in [-0.3, -0.25) is 4.98 Å². The number of nitrogens with zero attached hydrogens (tertiary/aromatic N) is 3. The molecule has 1 saturated carbocycles. The maximum atomic E-state index is 5.69. The minimum atomic E-state index is -0.395. The molecule has 3 aromatic rings. The SMILES string of the molecule is COC1(c2noc(-c3nccc4[nH]ccc34)n2)CCCC1. The van der Waals surface area contributed by atoms with Crippen molar-refractivity contribution in [1.29, 1.82) is 0 Å². The number of ether oxygens (including phenoxy) is 1. The van der Waals surface area contributed by atoms with Crippen LogP contribution in [-0.2, 0) is 10.3 Å². The third-order valence-corrected chi connectivity index (χ3v) is 4.32. The Labute approximate surface area is 121 Å². The molecule has 1 N–H and O–H groups in total. The number of aromatic amines is 1. The number of aromatic nitrogens is 4. The fraction of sp³-hybridized carbons (Fsp3) is 0.400. The molecule has 0 unspecified atom stereocenters. The molecule has 0 aromatic carbocycles. The van der Waals surface area contributed by atoms with Crippen molar-refractivity contribution in [1.82, 2.24) is 20.1 Å². The van der Waals surface area contributed by atoms with E-state index in [0.717, 1.165) is 36.6 Å². The second-order valence-electron chi connectivity index (χ2n) is 5.43. The smallest absolute Gasteiger partial charge is 0.277 e. The minimum Gasteiger partial charge on any atom is -0.370 e. The Balaban J connectivity index is 1.79. The lowest BCUT2D eigenvalue weighted by atomic mass is 10.0. The highest BCUT2D eigenvalue weighted by Crippen LogP contribution is 2.40. The van der Waals surface area contributed by atoms with E-state index in [2.05, 4.69) is 20.1 Å². The number of methoxy groups -OCH3 is 1. The molecule has 0 bridgehead atoms. The number of rotatable bonds is 3. The van der Waals surface area contributed by atoms with Crippen molar-refractivity contribution in [2.45, 2.75) is 31.3 Å². The Morgan fingerprint density at radius 2 is 2.14 bits per heavy atom.